The Hall–Kier alpha value is -1.86. The number of nitrogens with zero attached hydrogens (tertiary/aromatic N) is 2. The fourth-order valence-corrected chi connectivity index (χ4v) is 3.75. The maximum atomic E-state index is 13.3. The van der Waals surface area contributed by atoms with Crippen molar-refractivity contribution in [3.8, 4) is 17.0 Å². The van der Waals surface area contributed by atoms with Crippen molar-refractivity contribution in [3.05, 3.63) is 40.3 Å². The monoisotopic (exact) mass is 413 g/mol. The summed E-state index contributed by atoms with van der Waals surface area (Å²) < 4.78 is 45.6. The van der Waals surface area contributed by atoms with Crippen molar-refractivity contribution >= 4 is 11.6 Å². The fourth-order valence-electron chi connectivity index (χ4n) is 3.44. The molecule has 3 rings (SSSR count). The fraction of sp³-hybridized carbons (Fsp3) is 0.500. The van der Waals surface area contributed by atoms with E-state index in [0.29, 0.717) is 24.0 Å². The van der Waals surface area contributed by atoms with Crippen molar-refractivity contribution in [2.45, 2.75) is 38.8 Å². The van der Waals surface area contributed by atoms with Crippen LogP contribution >= 0.6 is 11.6 Å². The Morgan fingerprint density at radius 2 is 2.07 bits per heavy atom. The first kappa shape index (κ1) is 20.9. The molecule has 1 aliphatic carbocycles. The smallest absolute Gasteiger partial charge is 0.434 e. The van der Waals surface area contributed by atoms with Gasteiger partial charge < -0.3 is 10.1 Å². The summed E-state index contributed by atoms with van der Waals surface area (Å²) in [6, 6.07) is 3.42. The molecule has 0 spiro atoms. The minimum absolute atomic E-state index is 0.177. The average molecular weight is 414 g/mol. The van der Waals surface area contributed by atoms with E-state index >= 15 is 0 Å². The predicted octanol–water partition coefficient (Wildman–Crippen LogP) is 5.24. The van der Waals surface area contributed by atoms with Crippen molar-refractivity contribution in [2.75, 3.05) is 20.2 Å². The number of pyridine rings is 2. The lowest BCUT2D eigenvalue weighted by atomic mass is 9.96. The van der Waals surface area contributed by atoms with E-state index < -0.39 is 16.9 Å². The molecule has 0 aromatic carbocycles. The molecule has 2 aromatic heterocycles. The molecule has 4 nitrogen and oxygen atoms in total. The maximum absolute atomic E-state index is 13.3. The molecule has 0 saturated heterocycles. The number of nitrogens with one attached hydrogen (secondary N) is 1. The molecular formula is C20H23ClF3N3O. The van der Waals surface area contributed by atoms with Crippen molar-refractivity contribution in [1.82, 2.24) is 15.3 Å². The van der Waals surface area contributed by atoms with Crippen LogP contribution in [0.25, 0.3) is 11.3 Å². The lowest BCUT2D eigenvalue weighted by molar-refractivity contribution is -0.141. The highest BCUT2D eigenvalue weighted by atomic mass is 35.5. The van der Waals surface area contributed by atoms with Gasteiger partial charge in [-0.05, 0) is 57.4 Å². The van der Waals surface area contributed by atoms with Crippen LogP contribution in [0.15, 0.2) is 18.3 Å². The van der Waals surface area contributed by atoms with Crippen molar-refractivity contribution in [1.29, 1.82) is 0 Å². The van der Waals surface area contributed by atoms with Crippen LogP contribution in [0.2, 0.25) is 5.02 Å². The van der Waals surface area contributed by atoms with Gasteiger partial charge in [0.25, 0.3) is 0 Å². The summed E-state index contributed by atoms with van der Waals surface area (Å²) in [5, 5.41) is 2.73. The van der Waals surface area contributed by atoms with E-state index in [4.69, 9.17) is 21.3 Å². The number of aryl methyl sites for hydroxylation is 1. The second-order valence-corrected chi connectivity index (χ2v) is 7.37. The van der Waals surface area contributed by atoms with Crippen LogP contribution in [0.4, 0.5) is 13.2 Å². The summed E-state index contributed by atoms with van der Waals surface area (Å²) in [5.74, 6) is 1.18. The SMILES string of the molecule is CCOc1c(C)cc(C(CNC)C2CC2)nc1-c1ccnc(C(F)(F)F)c1Cl. The van der Waals surface area contributed by atoms with Gasteiger partial charge in [0.05, 0.1) is 11.6 Å². The molecule has 0 bridgehead atoms. The van der Waals surface area contributed by atoms with E-state index in [-0.39, 0.29) is 11.5 Å². The Bertz CT molecular complexity index is 853. The van der Waals surface area contributed by atoms with E-state index in [1.807, 2.05) is 27.0 Å². The van der Waals surface area contributed by atoms with Gasteiger partial charge in [0.2, 0.25) is 0 Å². The predicted molar refractivity (Wildman–Crippen MR) is 103 cm³/mol. The van der Waals surface area contributed by atoms with Crippen LogP contribution in [0.5, 0.6) is 5.75 Å². The quantitative estimate of drug-likeness (QED) is 0.674. The maximum Gasteiger partial charge on any atom is 0.434 e. The molecule has 2 heterocycles. The first-order valence-electron chi connectivity index (χ1n) is 9.28. The third-order valence-corrected chi connectivity index (χ3v) is 5.26. The van der Waals surface area contributed by atoms with E-state index in [2.05, 4.69) is 10.3 Å². The van der Waals surface area contributed by atoms with E-state index in [0.717, 1.165) is 36.8 Å². The summed E-state index contributed by atoms with van der Waals surface area (Å²) >= 11 is 6.13. The van der Waals surface area contributed by atoms with Crippen LogP contribution in [-0.4, -0.2) is 30.2 Å². The molecule has 1 N–H and O–H groups in total. The molecule has 0 radical (unpaired) electrons. The Balaban J connectivity index is 2.18. The van der Waals surface area contributed by atoms with Gasteiger partial charge in [0.1, 0.15) is 11.4 Å². The van der Waals surface area contributed by atoms with Crippen LogP contribution in [-0.2, 0) is 6.18 Å². The second-order valence-electron chi connectivity index (χ2n) is 7.00. The zero-order valence-electron chi connectivity index (χ0n) is 16.0. The molecule has 1 atom stereocenters. The lowest BCUT2D eigenvalue weighted by Crippen LogP contribution is -2.20. The van der Waals surface area contributed by atoms with Crippen LogP contribution in [0.3, 0.4) is 0 Å². The standard InChI is InChI=1S/C20H23ClF3N3O/c1-4-28-18-11(2)9-15(14(10-25-3)12-5-6-12)27-17(18)13-7-8-26-19(16(13)21)20(22,23)24/h7-9,12,14,25H,4-6,10H2,1-3H3. The molecule has 152 valence electrons. The highest BCUT2D eigenvalue weighted by Crippen LogP contribution is 2.45. The summed E-state index contributed by atoms with van der Waals surface area (Å²) in [6.45, 7) is 4.82. The van der Waals surface area contributed by atoms with Crippen molar-refractivity contribution in [3.63, 3.8) is 0 Å². The van der Waals surface area contributed by atoms with E-state index in [9.17, 15) is 13.2 Å². The third-order valence-electron chi connectivity index (χ3n) is 4.88. The molecule has 0 aliphatic heterocycles. The minimum Gasteiger partial charge on any atom is -0.491 e. The highest BCUT2D eigenvalue weighted by molar-refractivity contribution is 6.34. The number of rotatable bonds is 7. The average Bonchev–Trinajstić information content (AvgIpc) is 3.45. The number of aromatic nitrogens is 2. The molecular weight excluding hydrogens is 391 g/mol. The van der Waals surface area contributed by atoms with Gasteiger partial charge in [-0.25, -0.2) is 4.98 Å². The number of likely N-dealkylation sites (N-methyl/N-ethyl adjacent to an activating group) is 1. The van der Waals surface area contributed by atoms with Gasteiger partial charge in [-0.15, -0.1) is 0 Å². The van der Waals surface area contributed by atoms with Gasteiger partial charge in [-0.3, -0.25) is 4.98 Å². The second kappa shape index (κ2) is 8.25. The normalized spacial score (nSPS) is 15.5. The van der Waals surface area contributed by atoms with Gasteiger partial charge in [0, 0.05) is 29.9 Å². The largest absolute Gasteiger partial charge is 0.491 e. The van der Waals surface area contributed by atoms with Crippen molar-refractivity contribution in [2.24, 2.45) is 5.92 Å². The third kappa shape index (κ3) is 4.25. The molecule has 1 aliphatic rings. The Kier molecular flexibility index (Phi) is 6.15. The first-order valence-corrected chi connectivity index (χ1v) is 9.66. The first-order chi connectivity index (χ1) is 13.3. The number of halogens is 4. The Labute approximate surface area is 167 Å². The van der Waals surface area contributed by atoms with Gasteiger partial charge >= 0.3 is 6.18 Å². The molecule has 1 fully saturated rings. The highest BCUT2D eigenvalue weighted by Gasteiger charge is 2.37. The van der Waals surface area contributed by atoms with Gasteiger partial charge in [-0.2, -0.15) is 13.2 Å². The topological polar surface area (TPSA) is 47.0 Å². The number of ether oxygens (including phenoxy) is 1. The molecule has 0 amide bonds. The summed E-state index contributed by atoms with van der Waals surface area (Å²) in [7, 11) is 1.88. The summed E-state index contributed by atoms with van der Waals surface area (Å²) in [4.78, 5) is 8.17. The molecule has 1 saturated carbocycles. The molecule has 28 heavy (non-hydrogen) atoms. The lowest BCUT2D eigenvalue weighted by Gasteiger charge is -2.21. The zero-order chi connectivity index (χ0) is 20.5. The number of hydrogen-bond donors (Lipinski definition) is 1. The Morgan fingerprint density at radius 3 is 2.64 bits per heavy atom. The molecule has 8 heteroatoms. The van der Waals surface area contributed by atoms with E-state index in [1.54, 1.807) is 0 Å². The Morgan fingerprint density at radius 1 is 1.36 bits per heavy atom. The molecule has 2 aromatic rings. The number of hydrogen-bond acceptors (Lipinski definition) is 4. The molecule has 1 unspecified atom stereocenters. The van der Waals surface area contributed by atoms with Gasteiger partial charge in [-0.1, -0.05) is 11.6 Å². The van der Waals surface area contributed by atoms with Crippen LogP contribution in [0.1, 0.15) is 42.6 Å². The van der Waals surface area contributed by atoms with E-state index in [1.165, 1.54) is 6.07 Å². The van der Waals surface area contributed by atoms with Crippen LogP contribution < -0.4 is 10.1 Å². The zero-order valence-corrected chi connectivity index (χ0v) is 16.8. The van der Waals surface area contributed by atoms with Crippen LogP contribution in [0, 0.1) is 12.8 Å². The number of alkyl halides is 3. The van der Waals surface area contributed by atoms with Crippen molar-refractivity contribution < 1.29 is 17.9 Å². The summed E-state index contributed by atoms with van der Waals surface area (Å²) in [6.07, 6.45) is -1.28. The van der Waals surface area contributed by atoms with Gasteiger partial charge in [0.15, 0.2) is 5.69 Å². The summed E-state index contributed by atoms with van der Waals surface area (Å²) in [5.41, 5.74) is 1.06. The minimum atomic E-state index is -4.64.